The van der Waals surface area contributed by atoms with Gasteiger partial charge in [-0.3, -0.25) is 0 Å². The van der Waals surface area contributed by atoms with Crippen molar-refractivity contribution in [3.63, 3.8) is 0 Å². The van der Waals surface area contributed by atoms with Gasteiger partial charge in [-0.25, -0.2) is 0 Å². The van der Waals surface area contributed by atoms with Crippen molar-refractivity contribution >= 4 is 0 Å². The molecule has 0 aromatic heterocycles. The first-order valence-corrected chi connectivity index (χ1v) is 5.95. The van der Waals surface area contributed by atoms with Crippen LogP contribution < -0.4 is 5.32 Å². The first-order valence-electron chi connectivity index (χ1n) is 5.95. The van der Waals surface area contributed by atoms with E-state index in [0.29, 0.717) is 12.5 Å². The summed E-state index contributed by atoms with van der Waals surface area (Å²) in [5, 5.41) is 11.9. The van der Waals surface area contributed by atoms with Crippen molar-refractivity contribution in [1.82, 2.24) is 5.32 Å². The minimum absolute atomic E-state index is 0.692. The molecule has 0 radical (unpaired) electrons. The van der Waals surface area contributed by atoms with Crippen LogP contribution in [-0.4, -0.2) is 12.6 Å². The Morgan fingerprint density at radius 3 is 2.57 bits per heavy atom. The van der Waals surface area contributed by atoms with Gasteiger partial charge in [0.2, 0.25) is 0 Å². The van der Waals surface area contributed by atoms with Crippen LogP contribution in [0.2, 0.25) is 0 Å². The van der Waals surface area contributed by atoms with E-state index >= 15 is 0 Å². The third kappa shape index (κ3) is 8.07. The maximum atomic E-state index is 8.37. The minimum atomic E-state index is 0.692. The number of nitriles is 1. The Kier molecular flexibility index (Phi) is 10.1. The molecule has 14 heavy (non-hydrogen) atoms. The second-order valence-corrected chi connectivity index (χ2v) is 3.82. The number of hydrogen-bond acceptors (Lipinski definition) is 2. The molecule has 0 aliphatic rings. The van der Waals surface area contributed by atoms with E-state index in [1.54, 1.807) is 0 Å². The Balaban J connectivity index is 3.29. The number of nitrogens with zero attached hydrogens (tertiary/aromatic N) is 1. The highest BCUT2D eigenvalue weighted by molar-refractivity contribution is 4.69. The first-order chi connectivity index (χ1) is 6.85. The van der Waals surface area contributed by atoms with Crippen molar-refractivity contribution in [3.05, 3.63) is 0 Å². The molecule has 0 amide bonds. The molecule has 0 saturated heterocycles. The highest BCUT2D eigenvalue weighted by Gasteiger charge is 2.03. The number of hydrogen-bond donors (Lipinski definition) is 1. The van der Waals surface area contributed by atoms with E-state index in [2.05, 4.69) is 25.2 Å². The molecule has 1 atom stereocenters. The molecule has 1 N–H and O–H groups in total. The predicted molar refractivity (Wildman–Crippen MR) is 61.1 cm³/mol. The van der Waals surface area contributed by atoms with Crippen LogP contribution in [0.25, 0.3) is 0 Å². The molecule has 0 fully saturated rings. The van der Waals surface area contributed by atoms with Crippen molar-refractivity contribution in [3.8, 4) is 6.07 Å². The lowest BCUT2D eigenvalue weighted by Crippen LogP contribution is -2.29. The number of unbranched alkanes of at least 4 members (excludes halogenated alkanes) is 3. The smallest absolute Gasteiger partial charge is 0.0621 e. The van der Waals surface area contributed by atoms with Crippen LogP contribution in [-0.2, 0) is 0 Å². The Labute approximate surface area is 88.7 Å². The third-order valence-corrected chi connectivity index (χ3v) is 2.55. The van der Waals surface area contributed by atoms with Gasteiger partial charge in [0.15, 0.2) is 0 Å². The third-order valence-electron chi connectivity index (χ3n) is 2.55. The van der Waals surface area contributed by atoms with E-state index in [0.717, 1.165) is 19.4 Å². The Morgan fingerprint density at radius 1 is 1.21 bits per heavy atom. The molecule has 82 valence electrons. The quantitative estimate of drug-likeness (QED) is 0.575. The maximum Gasteiger partial charge on any atom is 0.0621 e. The van der Waals surface area contributed by atoms with Gasteiger partial charge in [0, 0.05) is 12.5 Å². The van der Waals surface area contributed by atoms with Crippen molar-refractivity contribution in [2.75, 3.05) is 6.54 Å². The molecule has 0 heterocycles. The lowest BCUT2D eigenvalue weighted by atomic mass is 10.1. The van der Waals surface area contributed by atoms with Crippen LogP contribution in [0.4, 0.5) is 0 Å². The summed E-state index contributed by atoms with van der Waals surface area (Å²) in [5.41, 5.74) is 0. The second-order valence-electron chi connectivity index (χ2n) is 3.82. The fourth-order valence-electron chi connectivity index (χ4n) is 1.54. The summed E-state index contributed by atoms with van der Waals surface area (Å²) in [7, 11) is 0. The molecule has 2 heteroatoms. The molecule has 0 aromatic rings. The Morgan fingerprint density at radius 2 is 2.00 bits per heavy atom. The lowest BCUT2D eigenvalue weighted by Gasteiger charge is -2.16. The monoisotopic (exact) mass is 196 g/mol. The maximum absolute atomic E-state index is 8.37. The molecular weight excluding hydrogens is 172 g/mol. The zero-order valence-electron chi connectivity index (χ0n) is 9.68. The topological polar surface area (TPSA) is 35.8 Å². The van der Waals surface area contributed by atoms with Crippen LogP contribution >= 0.6 is 0 Å². The zero-order valence-corrected chi connectivity index (χ0v) is 9.68. The van der Waals surface area contributed by atoms with Gasteiger partial charge in [-0.05, 0) is 32.2 Å². The standard InChI is InChI=1S/C12H24N2/c1-3-5-9-12(4-2)14-11-8-6-7-10-13/h12,14H,3-9,11H2,1-2H3. The van der Waals surface area contributed by atoms with Crippen LogP contribution in [0.1, 0.15) is 58.8 Å². The van der Waals surface area contributed by atoms with E-state index in [1.165, 1.54) is 25.7 Å². The normalized spacial score (nSPS) is 12.4. The van der Waals surface area contributed by atoms with Gasteiger partial charge in [-0.1, -0.05) is 26.7 Å². The zero-order chi connectivity index (χ0) is 10.6. The highest BCUT2D eigenvalue weighted by atomic mass is 14.9. The van der Waals surface area contributed by atoms with E-state index < -0.39 is 0 Å². The second kappa shape index (κ2) is 10.5. The van der Waals surface area contributed by atoms with Gasteiger partial charge in [-0.2, -0.15) is 5.26 Å². The van der Waals surface area contributed by atoms with Crippen molar-refractivity contribution in [2.45, 2.75) is 64.8 Å². The van der Waals surface area contributed by atoms with Crippen LogP contribution in [0.3, 0.4) is 0 Å². The van der Waals surface area contributed by atoms with E-state index in [4.69, 9.17) is 5.26 Å². The molecular formula is C12H24N2. The fourth-order valence-corrected chi connectivity index (χ4v) is 1.54. The largest absolute Gasteiger partial charge is 0.314 e. The van der Waals surface area contributed by atoms with Crippen LogP contribution in [0, 0.1) is 11.3 Å². The van der Waals surface area contributed by atoms with Gasteiger partial charge in [0.1, 0.15) is 0 Å². The summed E-state index contributed by atoms with van der Waals surface area (Å²) in [6.07, 6.45) is 8.00. The van der Waals surface area contributed by atoms with Crippen molar-refractivity contribution in [1.29, 1.82) is 5.26 Å². The average molecular weight is 196 g/mol. The minimum Gasteiger partial charge on any atom is -0.314 e. The molecule has 0 aliphatic carbocycles. The molecule has 0 rings (SSSR count). The van der Waals surface area contributed by atoms with Crippen molar-refractivity contribution in [2.24, 2.45) is 0 Å². The summed E-state index contributed by atoms with van der Waals surface area (Å²) in [6, 6.07) is 2.87. The molecule has 0 bridgehead atoms. The molecule has 0 aromatic carbocycles. The van der Waals surface area contributed by atoms with Gasteiger partial charge < -0.3 is 5.32 Å². The van der Waals surface area contributed by atoms with E-state index in [9.17, 15) is 0 Å². The van der Waals surface area contributed by atoms with Gasteiger partial charge in [0.05, 0.1) is 6.07 Å². The molecule has 0 aliphatic heterocycles. The molecule has 2 nitrogen and oxygen atoms in total. The molecule has 1 unspecified atom stereocenters. The van der Waals surface area contributed by atoms with Gasteiger partial charge >= 0.3 is 0 Å². The lowest BCUT2D eigenvalue weighted by molar-refractivity contribution is 0.446. The predicted octanol–water partition coefficient (Wildman–Crippen LogP) is 3.24. The summed E-state index contributed by atoms with van der Waals surface area (Å²) < 4.78 is 0. The first kappa shape index (κ1) is 13.4. The van der Waals surface area contributed by atoms with Gasteiger partial charge in [-0.15, -0.1) is 0 Å². The van der Waals surface area contributed by atoms with E-state index in [1.807, 2.05) is 0 Å². The highest BCUT2D eigenvalue weighted by Crippen LogP contribution is 2.04. The SMILES string of the molecule is CCCCC(CC)NCCCCC#N. The summed E-state index contributed by atoms with van der Waals surface area (Å²) in [5.74, 6) is 0. The van der Waals surface area contributed by atoms with Crippen LogP contribution in [0.15, 0.2) is 0 Å². The molecule has 0 spiro atoms. The summed E-state index contributed by atoms with van der Waals surface area (Å²) in [4.78, 5) is 0. The van der Waals surface area contributed by atoms with Crippen LogP contribution in [0.5, 0.6) is 0 Å². The average Bonchev–Trinajstić information content (AvgIpc) is 2.22. The number of nitrogens with one attached hydrogen (secondary N) is 1. The molecule has 0 saturated carbocycles. The summed E-state index contributed by atoms with van der Waals surface area (Å²) in [6.45, 7) is 5.55. The number of rotatable bonds is 9. The van der Waals surface area contributed by atoms with Gasteiger partial charge in [0.25, 0.3) is 0 Å². The fraction of sp³-hybridized carbons (Fsp3) is 0.917. The Hall–Kier alpha value is -0.550. The van der Waals surface area contributed by atoms with E-state index in [-0.39, 0.29) is 0 Å². The Bertz CT molecular complexity index is 149. The summed E-state index contributed by atoms with van der Waals surface area (Å²) >= 11 is 0. The van der Waals surface area contributed by atoms with Crippen molar-refractivity contribution < 1.29 is 0 Å².